The number of benzene rings is 1. The van der Waals surface area contributed by atoms with Crippen LogP contribution in [0.15, 0.2) is 18.2 Å². The van der Waals surface area contributed by atoms with E-state index in [1.807, 2.05) is 0 Å². The van der Waals surface area contributed by atoms with E-state index in [0.29, 0.717) is 17.8 Å². The van der Waals surface area contributed by atoms with E-state index in [4.69, 9.17) is 0 Å². The Balaban J connectivity index is 2.12. The van der Waals surface area contributed by atoms with Crippen molar-refractivity contribution in [2.45, 2.75) is 33.1 Å². The lowest BCUT2D eigenvalue weighted by molar-refractivity contribution is -0.125. The summed E-state index contributed by atoms with van der Waals surface area (Å²) in [7, 11) is 0. The summed E-state index contributed by atoms with van der Waals surface area (Å²) >= 11 is 0. The highest BCUT2D eigenvalue weighted by Crippen LogP contribution is 2.32. The Bertz CT molecular complexity index is 467. The topological polar surface area (TPSA) is 41.1 Å². The van der Waals surface area contributed by atoms with Crippen LogP contribution in [0.5, 0.6) is 0 Å². The van der Waals surface area contributed by atoms with Gasteiger partial charge in [-0.05, 0) is 44.0 Å². The van der Waals surface area contributed by atoms with Crippen LogP contribution < -0.4 is 10.6 Å². The molecule has 19 heavy (non-hydrogen) atoms. The molecule has 1 aromatic rings. The van der Waals surface area contributed by atoms with Crippen molar-refractivity contribution < 1.29 is 9.18 Å². The van der Waals surface area contributed by atoms with E-state index in [2.05, 4.69) is 17.6 Å². The third kappa shape index (κ3) is 2.95. The fourth-order valence-electron chi connectivity index (χ4n) is 2.68. The van der Waals surface area contributed by atoms with Crippen molar-refractivity contribution in [2.24, 2.45) is 5.41 Å². The summed E-state index contributed by atoms with van der Waals surface area (Å²) in [5.41, 5.74) is 0.787. The van der Waals surface area contributed by atoms with Gasteiger partial charge in [-0.2, -0.15) is 0 Å². The Morgan fingerprint density at radius 2 is 2.32 bits per heavy atom. The average Bonchev–Trinajstić information content (AvgIpc) is 2.84. The Morgan fingerprint density at radius 3 is 2.89 bits per heavy atom. The second-order valence-corrected chi connectivity index (χ2v) is 5.38. The highest BCUT2D eigenvalue weighted by Gasteiger charge is 2.40. The van der Waals surface area contributed by atoms with Crippen molar-refractivity contribution in [1.29, 1.82) is 0 Å². The van der Waals surface area contributed by atoms with Gasteiger partial charge in [-0.25, -0.2) is 4.39 Å². The van der Waals surface area contributed by atoms with Gasteiger partial charge in [0.1, 0.15) is 5.82 Å². The summed E-state index contributed by atoms with van der Waals surface area (Å²) in [5, 5.41) is 6.11. The lowest BCUT2D eigenvalue weighted by Crippen LogP contribution is -2.38. The summed E-state index contributed by atoms with van der Waals surface area (Å²) in [5.74, 6) is -0.283. The molecule has 104 valence electrons. The molecular formula is C15H21FN2O. The number of anilines is 1. The predicted octanol–water partition coefficient (Wildman–Crippen LogP) is 2.85. The van der Waals surface area contributed by atoms with Crippen molar-refractivity contribution in [3.05, 3.63) is 29.6 Å². The number of hydrogen-bond donors (Lipinski definition) is 2. The summed E-state index contributed by atoms with van der Waals surface area (Å²) in [4.78, 5) is 12.4. The number of amides is 1. The zero-order chi connectivity index (χ0) is 13.9. The monoisotopic (exact) mass is 264 g/mol. The number of aryl methyl sites for hydroxylation is 1. The quantitative estimate of drug-likeness (QED) is 0.878. The maximum Gasteiger partial charge on any atom is 0.231 e. The van der Waals surface area contributed by atoms with Gasteiger partial charge in [0.2, 0.25) is 5.91 Å². The van der Waals surface area contributed by atoms with E-state index in [-0.39, 0.29) is 17.1 Å². The van der Waals surface area contributed by atoms with Crippen LogP contribution in [-0.2, 0) is 4.79 Å². The van der Waals surface area contributed by atoms with Crippen LogP contribution in [0.2, 0.25) is 0 Å². The van der Waals surface area contributed by atoms with Crippen LogP contribution in [0.4, 0.5) is 10.1 Å². The van der Waals surface area contributed by atoms with Crippen molar-refractivity contribution in [3.63, 3.8) is 0 Å². The normalized spacial score (nSPS) is 22.5. The van der Waals surface area contributed by atoms with Gasteiger partial charge < -0.3 is 10.6 Å². The van der Waals surface area contributed by atoms with E-state index >= 15 is 0 Å². The molecule has 1 fully saturated rings. The highest BCUT2D eigenvalue weighted by atomic mass is 19.1. The van der Waals surface area contributed by atoms with Crippen LogP contribution in [-0.4, -0.2) is 19.0 Å². The maximum atomic E-state index is 13.5. The molecule has 1 amide bonds. The smallest absolute Gasteiger partial charge is 0.231 e. The zero-order valence-electron chi connectivity index (χ0n) is 11.6. The zero-order valence-corrected chi connectivity index (χ0v) is 11.6. The van der Waals surface area contributed by atoms with Gasteiger partial charge in [-0.3, -0.25) is 4.79 Å². The maximum absolute atomic E-state index is 13.5. The van der Waals surface area contributed by atoms with E-state index in [0.717, 1.165) is 25.8 Å². The molecule has 0 spiro atoms. The van der Waals surface area contributed by atoms with E-state index in [1.165, 1.54) is 6.07 Å². The Labute approximate surface area is 113 Å². The number of halogens is 1. The number of rotatable bonds is 4. The molecule has 2 N–H and O–H groups in total. The number of nitrogens with one attached hydrogen (secondary N) is 2. The molecule has 3 nitrogen and oxygen atoms in total. The number of carbonyl (C=O) groups is 1. The molecular weight excluding hydrogens is 243 g/mol. The molecule has 4 heteroatoms. The molecule has 0 radical (unpaired) electrons. The molecule has 0 bridgehead atoms. The van der Waals surface area contributed by atoms with Gasteiger partial charge in [0.25, 0.3) is 0 Å². The Morgan fingerprint density at radius 1 is 1.53 bits per heavy atom. The first-order chi connectivity index (χ1) is 9.07. The highest BCUT2D eigenvalue weighted by molar-refractivity contribution is 5.95. The molecule has 1 heterocycles. The molecule has 1 aromatic carbocycles. The SMILES string of the molecule is CCCC1(C(=O)Nc2ccc(C)c(F)c2)CCNC1. The van der Waals surface area contributed by atoms with E-state index in [1.54, 1.807) is 19.1 Å². The van der Waals surface area contributed by atoms with Gasteiger partial charge >= 0.3 is 0 Å². The molecule has 1 aliphatic heterocycles. The standard InChI is InChI=1S/C15H21FN2O/c1-3-6-15(7-8-17-10-15)14(19)18-12-5-4-11(2)13(16)9-12/h4-5,9,17H,3,6-8,10H2,1-2H3,(H,18,19). The van der Waals surface area contributed by atoms with Gasteiger partial charge in [0.15, 0.2) is 0 Å². The average molecular weight is 264 g/mol. The van der Waals surface area contributed by atoms with Gasteiger partial charge in [-0.15, -0.1) is 0 Å². The first kappa shape index (κ1) is 14.0. The van der Waals surface area contributed by atoms with Crippen LogP contribution in [0.1, 0.15) is 31.7 Å². The lowest BCUT2D eigenvalue weighted by atomic mass is 9.81. The fraction of sp³-hybridized carbons (Fsp3) is 0.533. The number of hydrogen-bond acceptors (Lipinski definition) is 2. The van der Waals surface area contributed by atoms with Crippen LogP contribution >= 0.6 is 0 Å². The summed E-state index contributed by atoms with van der Waals surface area (Å²) in [6, 6.07) is 4.82. The summed E-state index contributed by atoms with van der Waals surface area (Å²) in [6.45, 7) is 5.37. The first-order valence-electron chi connectivity index (χ1n) is 6.86. The van der Waals surface area contributed by atoms with E-state index < -0.39 is 0 Å². The van der Waals surface area contributed by atoms with Gasteiger partial charge in [0.05, 0.1) is 5.41 Å². The third-order valence-electron chi connectivity index (χ3n) is 3.88. The van der Waals surface area contributed by atoms with Crippen LogP contribution in [0.25, 0.3) is 0 Å². The van der Waals surface area contributed by atoms with E-state index in [9.17, 15) is 9.18 Å². The molecule has 2 rings (SSSR count). The first-order valence-corrected chi connectivity index (χ1v) is 6.86. The Hall–Kier alpha value is -1.42. The lowest BCUT2D eigenvalue weighted by Gasteiger charge is -2.26. The summed E-state index contributed by atoms with van der Waals surface area (Å²) < 4.78 is 13.5. The largest absolute Gasteiger partial charge is 0.325 e. The minimum absolute atomic E-state index is 0.00241. The molecule has 1 unspecified atom stereocenters. The van der Waals surface area contributed by atoms with Crippen LogP contribution in [0.3, 0.4) is 0 Å². The molecule has 1 saturated heterocycles. The molecule has 1 aliphatic rings. The molecule has 0 saturated carbocycles. The minimum Gasteiger partial charge on any atom is -0.325 e. The van der Waals surface area contributed by atoms with Crippen molar-refractivity contribution >= 4 is 11.6 Å². The molecule has 0 aromatic heterocycles. The fourth-order valence-corrected chi connectivity index (χ4v) is 2.68. The van der Waals surface area contributed by atoms with Crippen molar-refractivity contribution in [2.75, 3.05) is 18.4 Å². The van der Waals surface area contributed by atoms with Gasteiger partial charge in [-0.1, -0.05) is 19.4 Å². The second-order valence-electron chi connectivity index (χ2n) is 5.38. The van der Waals surface area contributed by atoms with Crippen molar-refractivity contribution in [3.8, 4) is 0 Å². The predicted molar refractivity (Wildman–Crippen MR) is 74.6 cm³/mol. The van der Waals surface area contributed by atoms with Crippen molar-refractivity contribution in [1.82, 2.24) is 5.32 Å². The molecule has 1 atom stereocenters. The third-order valence-corrected chi connectivity index (χ3v) is 3.88. The van der Waals surface area contributed by atoms with Crippen LogP contribution in [0, 0.1) is 18.2 Å². The number of carbonyl (C=O) groups excluding carboxylic acids is 1. The second kappa shape index (κ2) is 5.70. The minimum atomic E-state index is -0.337. The Kier molecular flexibility index (Phi) is 4.20. The summed E-state index contributed by atoms with van der Waals surface area (Å²) in [6.07, 6.45) is 2.68. The van der Waals surface area contributed by atoms with Gasteiger partial charge in [0, 0.05) is 12.2 Å². The molecule has 0 aliphatic carbocycles.